The van der Waals surface area contributed by atoms with Gasteiger partial charge in [0.25, 0.3) is 0 Å². The van der Waals surface area contributed by atoms with Gasteiger partial charge in [-0.1, -0.05) is 18.2 Å². The third kappa shape index (κ3) is 3.77. The Morgan fingerprint density at radius 1 is 1.13 bits per heavy atom. The molecule has 0 spiro atoms. The molecule has 1 rings (SSSR count). The van der Waals surface area contributed by atoms with Crippen molar-refractivity contribution in [1.82, 2.24) is 0 Å². The van der Waals surface area contributed by atoms with Crippen molar-refractivity contribution in [3.8, 4) is 17.5 Å². The molecule has 0 bridgehead atoms. The minimum absolute atomic E-state index is 0.573. The summed E-state index contributed by atoms with van der Waals surface area (Å²) in [6.07, 6.45) is 2.28. The largest absolute Gasteiger partial charge is 0.408 e. The number of para-hydroxylation sites is 1. The second-order valence-corrected chi connectivity index (χ2v) is 4.44. The third-order valence-electron chi connectivity index (χ3n) is 1.58. The monoisotopic (exact) mass is 226 g/mol. The fourth-order valence-electron chi connectivity index (χ4n) is 0.792. The van der Waals surface area contributed by atoms with E-state index in [4.69, 9.17) is 4.74 Å². The van der Waals surface area contributed by atoms with Crippen molar-refractivity contribution in [2.75, 3.05) is 14.2 Å². The van der Waals surface area contributed by atoms with Gasteiger partial charge in [-0.3, -0.25) is 0 Å². The van der Waals surface area contributed by atoms with Gasteiger partial charge in [-0.05, 0) is 12.1 Å². The van der Waals surface area contributed by atoms with Crippen LogP contribution in [0.3, 0.4) is 0 Å². The smallest absolute Gasteiger partial charge is 0.407 e. The fourth-order valence-corrected chi connectivity index (χ4v) is 1.28. The van der Waals surface area contributed by atoms with Gasteiger partial charge in [0.1, 0.15) is 11.9 Å². The van der Waals surface area contributed by atoms with Crippen LogP contribution in [0.1, 0.15) is 0 Å². The number of benzene rings is 1. The van der Waals surface area contributed by atoms with E-state index in [0.717, 1.165) is 0 Å². The quantitative estimate of drug-likeness (QED) is 0.586. The van der Waals surface area contributed by atoms with E-state index in [9.17, 15) is 4.57 Å². The molecular formula is C10H11O4P. The Hall–Kier alpha value is -1.27. The molecule has 0 unspecified atom stereocenters. The van der Waals surface area contributed by atoms with Gasteiger partial charge in [0.2, 0.25) is 0 Å². The van der Waals surface area contributed by atoms with Crippen LogP contribution < -0.4 is 4.74 Å². The molecule has 1 aromatic rings. The average Bonchev–Trinajstić information content (AvgIpc) is 2.30. The van der Waals surface area contributed by atoms with Crippen LogP contribution in [0.25, 0.3) is 0 Å². The highest BCUT2D eigenvalue weighted by Gasteiger charge is 2.16. The fraction of sp³-hybridized carbons (Fsp3) is 0.200. The van der Waals surface area contributed by atoms with E-state index < -0.39 is 7.60 Å². The van der Waals surface area contributed by atoms with E-state index in [1.165, 1.54) is 14.2 Å². The first-order chi connectivity index (χ1) is 7.20. The molecule has 0 saturated heterocycles. The Kier molecular flexibility index (Phi) is 4.38. The van der Waals surface area contributed by atoms with E-state index in [0.29, 0.717) is 5.75 Å². The molecule has 0 amide bonds. The Morgan fingerprint density at radius 3 is 2.27 bits per heavy atom. The Morgan fingerprint density at radius 2 is 1.73 bits per heavy atom. The SMILES string of the molecule is COP(=O)(C#COc1ccccc1)OC. The topological polar surface area (TPSA) is 44.8 Å². The molecule has 0 fully saturated rings. The molecular weight excluding hydrogens is 215 g/mol. The molecule has 1 aromatic carbocycles. The van der Waals surface area contributed by atoms with Crippen molar-refractivity contribution in [1.29, 1.82) is 0 Å². The van der Waals surface area contributed by atoms with Crippen LogP contribution in [-0.2, 0) is 13.6 Å². The highest BCUT2D eigenvalue weighted by Crippen LogP contribution is 2.44. The second kappa shape index (κ2) is 5.57. The van der Waals surface area contributed by atoms with E-state index in [1.54, 1.807) is 12.1 Å². The zero-order valence-electron chi connectivity index (χ0n) is 8.47. The first-order valence-electron chi connectivity index (χ1n) is 4.16. The lowest BCUT2D eigenvalue weighted by molar-refractivity contribution is 0.288. The molecule has 0 heterocycles. The summed E-state index contributed by atoms with van der Waals surface area (Å²) in [7, 11) is -0.774. The van der Waals surface area contributed by atoms with Gasteiger partial charge in [-0.25, -0.2) is 4.57 Å². The van der Waals surface area contributed by atoms with Crippen molar-refractivity contribution in [2.45, 2.75) is 0 Å². The molecule has 0 radical (unpaired) electrons. The van der Waals surface area contributed by atoms with Crippen LogP contribution in [0, 0.1) is 11.8 Å². The van der Waals surface area contributed by atoms with Gasteiger partial charge >= 0.3 is 7.60 Å². The van der Waals surface area contributed by atoms with Gasteiger partial charge in [-0.15, -0.1) is 0 Å². The Balaban J connectivity index is 2.65. The maximum absolute atomic E-state index is 11.4. The zero-order valence-corrected chi connectivity index (χ0v) is 9.36. The molecule has 0 aromatic heterocycles. The number of rotatable bonds is 3. The van der Waals surface area contributed by atoms with E-state index in [2.05, 4.69) is 20.8 Å². The molecule has 0 saturated carbocycles. The molecule has 0 N–H and O–H groups in total. The molecule has 80 valence electrons. The zero-order chi connectivity index (χ0) is 11.1. The van der Waals surface area contributed by atoms with Gasteiger partial charge in [-0.2, -0.15) is 0 Å². The Bertz CT molecular complexity index is 396. The first kappa shape index (κ1) is 11.8. The van der Waals surface area contributed by atoms with Gasteiger partial charge in [0.15, 0.2) is 0 Å². The maximum Gasteiger partial charge on any atom is 0.408 e. The molecule has 0 aliphatic heterocycles. The lowest BCUT2D eigenvalue weighted by Crippen LogP contribution is -1.86. The van der Waals surface area contributed by atoms with E-state index in [-0.39, 0.29) is 0 Å². The predicted octanol–water partition coefficient (Wildman–Crippen LogP) is 2.47. The summed E-state index contributed by atoms with van der Waals surface area (Å²) in [5.41, 5.74) is 2.28. The van der Waals surface area contributed by atoms with Crippen LogP contribution in [0.5, 0.6) is 5.75 Å². The average molecular weight is 226 g/mol. The summed E-state index contributed by atoms with van der Waals surface area (Å²) in [4.78, 5) is 0. The van der Waals surface area contributed by atoms with Crippen LogP contribution in [0.4, 0.5) is 0 Å². The van der Waals surface area contributed by atoms with Crippen LogP contribution in [0.15, 0.2) is 30.3 Å². The minimum atomic E-state index is -3.30. The number of ether oxygens (including phenoxy) is 1. The third-order valence-corrected chi connectivity index (χ3v) is 2.90. The lowest BCUT2D eigenvalue weighted by atomic mass is 10.3. The molecule has 15 heavy (non-hydrogen) atoms. The van der Waals surface area contributed by atoms with Crippen molar-refractivity contribution >= 4 is 7.60 Å². The highest BCUT2D eigenvalue weighted by atomic mass is 31.2. The summed E-state index contributed by atoms with van der Waals surface area (Å²) in [6, 6.07) is 8.94. The number of hydrogen-bond donors (Lipinski definition) is 0. The minimum Gasteiger partial charge on any atom is -0.407 e. The summed E-state index contributed by atoms with van der Waals surface area (Å²) in [5, 5.41) is 0. The van der Waals surface area contributed by atoms with Crippen LogP contribution in [-0.4, -0.2) is 14.2 Å². The van der Waals surface area contributed by atoms with Gasteiger partial charge in [0.05, 0.1) is 5.66 Å². The van der Waals surface area contributed by atoms with Crippen molar-refractivity contribution in [3.63, 3.8) is 0 Å². The van der Waals surface area contributed by atoms with Crippen molar-refractivity contribution < 1.29 is 18.3 Å². The predicted molar refractivity (Wildman–Crippen MR) is 56.5 cm³/mol. The maximum atomic E-state index is 11.4. The molecule has 0 aliphatic rings. The normalized spacial score (nSPS) is 10.3. The van der Waals surface area contributed by atoms with Crippen LogP contribution in [0.2, 0.25) is 0 Å². The first-order valence-corrected chi connectivity index (χ1v) is 5.70. The summed E-state index contributed by atoms with van der Waals surface area (Å²) < 4.78 is 25.7. The van der Waals surface area contributed by atoms with Crippen LogP contribution >= 0.6 is 7.60 Å². The van der Waals surface area contributed by atoms with Gasteiger partial charge < -0.3 is 13.8 Å². The highest BCUT2D eigenvalue weighted by molar-refractivity contribution is 7.59. The Labute approximate surface area is 88.7 Å². The standard InChI is InChI=1S/C10H11O4P/c1-12-15(11,13-2)9-8-14-10-6-4-3-5-7-10/h3-7H,1-2H3. The summed E-state index contributed by atoms with van der Waals surface area (Å²) in [5.74, 6) is 0.573. The van der Waals surface area contributed by atoms with Gasteiger partial charge in [0, 0.05) is 14.2 Å². The molecule has 0 atom stereocenters. The summed E-state index contributed by atoms with van der Waals surface area (Å²) >= 11 is 0. The van der Waals surface area contributed by atoms with E-state index >= 15 is 0 Å². The number of hydrogen-bond acceptors (Lipinski definition) is 4. The van der Waals surface area contributed by atoms with Crippen molar-refractivity contribution in [2.24, 2.45) is 0 Å². The summed E-state index contributed by atoms with van der Waals surface area (Å²) in [6.45, 7) is 0. The van der Waals surface area contributed by atoms with Crippen molar-refractivity contribution in [3.05, 3.63) is 30.3 Å². The lowest BCUT2D eigenvalue weighted by Gasteiger charge is -2.03. The second-order valence-electron chi connectivity index (χ2n) is 2.49. The molecule has 5 heteroatoms. The molecule has 0 aliphatic carbocycles. The molecule has 4 nitrogen and oxygen atoms in total. The van der Waals surface area contributed by atoms with E-state index in [1.807, 2.05) is 18.2 Å².